The molecule has 0 amide bonds. The molecule has 0 saturated heterocycles. The van der Waals surface area contributed by atoms with Crippen LogP contribution in [0.1, 0.15) is 62.5 Å². The van der Waals surface area contributed by atoms with Crippen LogP contribution in [-0.4, -0.2) is 16.2 Å². The molecule has 0 aliphatic heterocycles. The van der Waals surface area contributed by atoms with E-state index in [-0.39, 0.29) is 6.10 Å². The number of allylic oxidation sites excluding steroid dienone is 1. The van der Waals surface area contributed by atoms with Crippen molar-refractivity contribution in [2.75, 3.05) is 0 Å². The predicted octanol–water partition coefficient (Wildman–Crippen LogP) is 5.58. The van der Waals surface area contributed by atoms with Gasteiger partial charge < -0.3 is 5.11 Å². The van der Waals surface area contributed by atoms with E-state index in [1.165, 1.54) is 23.1 Å². The summed E-state index contributed by atoms with van der Waals surface area (Å²) in [6.45, 7) is 2.19. The Morgan fingerprint density at radius 2 is 1.83 bits per heavy atom. The van der Waals surface area contributed by atoms with Crippen molar-refractivity contribution in [2.45, 2.75) is 57.5 Å². The first-order chi connectivity index (χ1) is 11.8. The average Bonchev–Trinajstić information content (AvgIpc) is 2.63. The molecule has 1 N–H and O–H groups in total. The van der Waals surface area contributed by atoms with Crippen LogP contribution in [0.5, 0.6) is 0 Å². The zero-order chi connectivity index (χ0) is 16.8. The van der Waals surface area contributed by atoms with Gasteiger partial charge in [-0.15, -0.1) is 0 Å². The molecule has 1 fully saturated rings. The summed E-state index contributed by atoms with van der Waals surface area (Å²) in [4.78, 5) is 4.52. The van der Waals surface area contributed by atoms with Gasteiger partial charge >= 0.3 is 0 Å². The SMILES string of the molecule is CCCC=Cc1ccnc(-c2ccc(C3CCC(O)CC3)cc2)c1. The van der Waals surface area contributed by atoms with E-state index < -0.39 is 0 Å². The lowest BCUT2D eigenvalue weighted by molar-refractivity contribution is 0.122. The molecule has 1 aromatic heterocycles. The third-order valence-corrected chi connectivity index (χ3v) is 4.92. The Labute approximate surface area is 145 Å². The fourth-order valence-electron chi connectivity index (χ4n) is 3.43. The molecule has 24 heavy (non-hydrogen) atoms. The highest BCUT2D eigenvalue weighted by atomic mass is 16.3. The van der Waals surface area contributed by atoms with Crippen molar-refractivity contribution in [1.82, 2.24) is 4.98 Å². The first-order valence-corrected chi connectivity index (χ1v) is 9.17. The molecule has 1 aliphatic carbocycles. The lowest BCUT2D eigenvalue weighted by Gasteiger charge is -2.25. The number of aliphatic hydroxyl groups excluding tert-OH is 1. The van der Waals surface area contributed by atoms with Crippen molar-refractivity contribution < 1.29 is 5.11 Å². The van der Waals surface area contributed by atoms with E-state index in [4.69, 9.17) is 0 Å². The Kier molecular flexibility index (Phi) is 5.81. The van der Waals surface area contributed by atoms with Crippen LogP contribution in [0, 0.1) is 0 Å². The summed E-state index contributed by atoms with van der Waals surface area (Å²) in [6, 6.07) is 13.0. The number of unbranched alkanes of at least 4 members (excludes halogenated alkanes) is 1. The van der Waals surface area contributed by atoms with Gasteiger partial charge in [0.05, 0.1) is 11.8 Å². The van der Waals surface area contributed by atoms with E-state index >= 15 is 0 Å². The van der Waals surface area contributed by atoms with E-state index in [1.807, 2.05) is 6.20 Å². The standard InChI is InChI=1S/C22H27NO/c1-2-3-4-5-17-14-15-23-22(16-17)20-8-6-18(7-9-20)19-10-12-21(24)13-11-19/h4-9,14-16,19,21,24H,2-3,10-13H2,1H3. The minimum Gasteiger partial charge on any atom is -0.393 e. The van der Waals surface area contributed by atoms with Gasteiger partial charge in [-0.1, -0.05) is 49.8 Å². The molecule has 0 spiro atoms. The Morgan fingerprint density at radius 1 is 1.08 bits per heavy atom. The average molecular weight is 321 g/mol. The number of hydrogen-bond acceptors (Lipinski definition) is 2. The molecule has 2 aromatic rings. The smallest absolute Gasteiger partial charge is 0.0707 e. The zero-order valence-electron chi connectivity index (χ0n) is 14.5. The minimum absolute atomic E-state index is 0.0896. The third-order valence-electron chi connectivity index (χ3n) is 4.92. The molecular weight excluding hydrogens is 294 g/mol. The Morgan fingerprint density at radius 3 is 2.54 bits per heavy atom. The van der Waals surface area contributed by atoms with E-state index in [1.54, 1.807) is 0 Å². The number of benzene rings is 1. The minimum atomic E-state index is -0.0896. The molecular formula is C22H27NO. The van der Waals surface area contributed by atoms with E-state index in [0.29, 0.717) is 5.92 Å². The van der Waals surface area contributed by atoms with Crippen LogP contribution < -0.4 is 0 Å². The van der Waals surface area contributed by atoms with Crippen LogP contribution in [-0.2, 0) is 0 Å². The highest BCUT2D eigenvalue weighted by Gasteiger charge is 2.20. The summed E-state index contributed by atoms with van der Waals surface area (Å²) in [5, 5.41) is 9.66. The summed E-state index contributed by atoms with van der Waals surface area (Å²) < 4.78 is 0. The van der Waals surface area contributed by atoms with Crippen molar-refractivity contribution in [3.05, 3.63) is 59.8 Å². The highest BCUT2D eigenvalue weighted by molar-refractivity contribution is 5.63. The zero-order valence-corrected chi connectivity index (χ0v) is 14.5. The van der Waals surface area contributed by atoms with Crippen molar-refractivity contribution >= 4 is 6.08 Å². The highest BCUT2D eigenvalue weighted by Crippen LogP contribution is 2.33. The van der Waals surface area contributed by atoms with E-state index in [2.05, 4.69) is 60.5 Å². The topological polar surface area (TPSA) is 33.1 Å². The van der Waals surface area contributed by atoms with E-state index in [9.17, 15) is 5.11 Å². The van der Waals surface area contributed by atoms with Gasteiger partial charge in [0.2, 0.25) is 0 Å². The molecule has 2 heteroatoms. The van der Waals surface area contributed by atoms with Crippen LogP contribution in [0.2, 0.25) is 0 Å². The predicted molar refractivity (Wildman–Crippen MR) is 101 cm³/mol. The molecule has 3 rings (SSSR count). The summed E-state index contributed by atoms with van der Waals surface area (Å²) in [5.74, 6) is 0.596. The Bertz CT molecular complexity index is 667. The van der Waals surface area contributed by atoms with Crippen molar-refractivity contribution in [3.63, 3.8) is 0 Å². The van der Waals surface area contributed by atoms with Gasteiger partial charge in [-0.2, -0.15) is 0 Å². The summed E-state index contributed by atoms with van der Waals surface area (Å²) in [6.07, 6.45) is 12.5. The first-order valence-electron chi connectivity index (χ1n) is 9.17. The van der Waals surface area contributed by atoms with Crippen LogP contribution >= 0.6 is 0 Å². The van der Waals surface area contributed by atoms with Crippen molar-refractivity contribution in [1.29, 1.82) is 0 Å². The Hall–Kier alpha value is -1.93. The third kappa shape index (κ3) is 4.33. The summed E-state index contributed by atoms with van der Waals surface area (Å²) >= 11 is 0. The molecule has 0 bridgehead atoms. The van der Waals surface area contributed by atoms with Gasteiger partial charge in [-0.05, 0) is 61.3 Å². The Balaban J connectivity index is 1.72. The number of aromatic nitrogens is 1. The number of rotatable bonds is 5. The molecule has 0 radical (unpaired) electrons. The lowest BCUT2D eigenvalue weighted by Crippen LogP contribution is -2.16. The molecule has 0 unspecified atom stereocenters. The first kappa shape index (κ1) is 16.9. The molecule has 1 aromatic carbocycles. The van der Waals surface area contributed by atoms with Gasteiger partial charge in [0, 0.05) is 11.8 Å². The second-order valence-corrected chi connectivity index (χ2v) is 6.79. The largest absolute Gasteiger partial charge is 0.393 e. The molecule has 126 valence electrons. The number of nitrogens with zero attached hydrogens (tertiary/aromatic N) is 1. The summed E-state index contributed by atoms with van der Waals surface area (Å²) in [5.41, 5.74) is 4.79. The summed E-state index contributed by atoms with van der Waals surface area (Å²) in [7, 11) is 0. The normalized spacial score (nSPS) is 21.2. The van der Waals surface area contributed by atoms with Gasteiger partial charge in [0.1, 0.15) is 0 Å². The number of aliphatic hydroxyl groups is 1. The van der Waals surface area contributed by atoms with Gasteiger partial charge in [-0.3, -0.25) is 4.98 Å². The molecule has 1 aliphatic rings. The van der Waals surface area contributed by atoms with Gasteiger partial charge in [-0.25, -0.2) is 0 Å². The molecule has 0 atom stereocenters. The quantitative estimate of drug-likeness (QED) is 0.779. The fraction of sp³-hybridized carbons (Fsp3) is 0.409. The van der Waals surface area contributed by atoms with Crippen molar-refractivity contribution in [3.8, 4) is 11.3 Å². The number of hydrogen-bond donors (Lipinski definition) is 1. The van der Waals surface area contributed by atoms with Crippen LogP contribution in [0.15, 0.2) is 48.7 Å². The van der Waals surface area contributed by atoms with Crippen molar-refractivity contribution in [2.24, 2.45) is 0 Å². The maximum atomic E-state index is 9.66. The maximum absolute atomic E-state index is 9.66. The molecule has 1 saturated carbocycles. The fourth-order valence-corrected chi connectivity index (χ4v) is 3.43. The second kappa shape index (κ2) is 8.25. The van der Waals surface area contributed by atoms with Crippen LogP contribution in [0.3, 0.4) is 0 Å². The molecule has 2 nitrogen and oxygen atoms in total. The molecule has 1 heterocycles. The van der Waals surface area contributed by atoms with Crippen LogP contribution in [0.4, 0.5) is 0 Å². The monoisotopic (exact) mass is 321 g/mol. The van der Waals surface area contributed by atoms with Gasteiger partial charge in [0.15, 0.2) is 0 Å². The second-order valence-electron chi connectivity index (χ2n) is 6.79. The maximum Gasteiger partial charge on any atom is 0.0707 e. The van der Waals surface area contributed by atoms with Crippen LogP contribution in [0.25, 0.3) is 17.3 Å². The number of pyridine rings is 1. The van der Waals surface area contributed by atoms with E-state index in [0.717, 1.165) is 37.8 Å². The van der Waals surface area contributed by atoms with Gasteiger partial charge in [0.25, 0.3) is 0 Å². The lowest BCUT2D eigenvalue weighted by atomic mass is 9.82.